The van der Waals surface area contributed by atoms with E-state index in [2.05, 4.69) is 31.2 Å². The number of hydrogen-bond donors (Lipinski definition) is 1. The maximum atomic E-state index is 10.8. The van der Waals surface area contributed by atoms with Gasteiger partial charge in [-0.2, -0.15) is 0 Å². The van der Waals surface area contributed by atoms with Crippen LogP contribution in [-0.4, -0.2) is 17.8 Å². The van der Waals surface area contributed by atoms with Crippen LogP contribution in [0.1, 0.15) is 56.3 Å². The van der Waals surface area contributed by atoms with E-state index < -0.39 is 0 Å². The van der Waals surface area contributed by atoms with Crippen molar-refractivity contribution in [2.24, 2.45) is 11.8 Å². The molecule has 110 valence electrons. The van der Waals surface area contributed by atoms with Crippen LogP contribution >= 0.6 is 0 Å². The minimum atomic E-state index is -0.339. The van der Waals surface area contributed by atoms with Crippen molar-refractivity contribution in [1.29, 1.82) is 0 Å². The molecule has 1 aromatic rings. The number of hydrogen-bond acceptors (Lipinski definition) is 2. The summed E-state index contributed by atoms with van der Waals surface area (Å²) in [6, 6.07) is 8.44. The van der Waals surface area contributed by atoms with E-state index in [-0.39, 0.29) is 12.2 Å². The Bertz CT molecular complexity index is 435. The van der Waals surface area contributed by atoms with E-state index in [1.54, 1.807) is 0 Å². The van der Waals surface area contributed by atoms with Crippen molar-refractivity contribution in [1.82, 2.24) is 0 Å². The monoisotopic (exact) mass is 274 g/mol. The van der Waals surface area contributed by atoms with Crippen LogP contribution in [0.4, 0.5) is 0 Å². The number of aliphatic hydroxyl groups excluding tert-OH is 1. The molecule has 1 heterocycles. The van der Waals surface area contributed by atoms with Crippen LogP contribution < -0.4 is 0 Å². The van der Waals surface area contributed by atoms with Gasteiger partial charge in [-0.1, -0.05) is 50.5 Å². The highest BCUT2D eigenvalue weighted by molar-refractivity contribution is 5.31. The van der Waals surface area contributed by atoms with Crippen molar-refractivity contribution >= 4 is 0 Å². The van der Waals surface area contributed by atoms with Crippen molar-refractivity contribution in [2.45, 2.75) is 57.7 Å². The average molecular weight is 274 g/mol. The predicted molar refractivity (Wildman–Crippen MR) is 80.6 cm³/mol. The van der Waals surface area contributed by atoms with Gasteiger partial charge in [0, 0.05) is 0 Å². The zero-order chi connectivity index (χ0) is 13.9. The molecule has 2 heteroatoms. The average Bonchev–Trinajstić information content (AvgIpc) is 2.54. The quantitative estimate of drug-likeness (QED) is 0.906. The largest absolute Gasteiger partial charge is 0.390 e. The van der Waals surface area contributed by atoms with Crippen molar-refractivity contribution in [3.05, 3.63) is 35.4 Å². The first-order valence-corrected chi connectivity index (χ1v) is 8.17. The molecule has 2 nitrogen and oxygen atoms in total. The summed E-state index contributed by atoms with van der Waals surface area (Å²) in [6.07, 6.45) is 6.66. The molecule has 3 rings (SSSR count). The third-order valence-electron chi connectivity index (χ3n) is 5.29. The highest BCUT2D eigenvalue weighted by Gasteiger charge is 2.34. The SMILES string of the molecule is CCC1CCC(C(O)C2OCCc3ccccc32)CC1. The fraction of sp³-hybridized carbons (Fsp3) is 0.667. The maximum absolute atomic E-state index is 10.8. The minimum Gasteiger partial charge on any atom is -0.390 e. The Hall–Kier alpha value is -0.860. The van der Waals surface area contributed by atoms with Gasteiger partial charge in [0.15, 0.2) is 0 Å². The van der Waals surface area contributed by atoms with E-state index >= 15 is 0 Å². The number of rotatable bonds is 3. The number of fused-ring (bicyclic) bond motifs is 1. The molecule has 1 aliphatic carbocycles. The first-order chi connectivity index (χ1) is 9.79. The molecule has 1 fully saturated rings. The molecule has 0 spiro atoms. The van der Waals surface area contributed by atoms with Gasteiger partial charge in [0.1, 0.15) is 6.10 Å². The van der Waals surface area contributed by atoms with Gasteiger partial charge in [0.2, 0.25) is 0 Å². The van der Waals surface area contributed by atoms with Crippen LogP contribution in [0.5, 0.6) is 0 Å². The summed E-state index contributed by atoms with van der Waals surface area (Å²) in [5, 5.41) is 10.8. The summed E-state index contributed by atoms with van der Waals surface area (Å²) in [6.45, 7) is 3.02. The lowest BCUT2D eigenvalue weighted by Gasteiger charge is -2.37. The molecule has 0 aromatic heterocycles. The normalized spacial score (nSPS) is 31.6. The van der Waals surface area contributed by atoms with E-state index in [0.717, 1.165) is 31.8 Å². The van der Waals surface area contributed by atoms with Gasteiger partial charge in [0.25, 0.3) is 0 Å². The molecule has 2 aliphatic rings. The predicted octanol–water partition coefficient (Wildman–Crippen LogP) is 3.88. The second-order valence-corrected chi connectivity index (χ2v) is 6.42. The van der Waals surface area contributed by atoms with Gasteiger partial charge in [-0.25, -0.2) is 0 Å². The number of benzene rings is 1. The van der Waals surface area contributed by atoms with E-state index in [1.807, 2.05) is 0 Å². The first-order valence-electron chi connectivity index (χ1n) is 8.17. The van der Waals surface area contributed by atoms with Crippen LogP contribution in [0.25, 0.3) is 0 Å². The van der Waals surface area contributed by atoms with Gasteiger partial charge in [0.05, 0.1) is 12.7 Å². The fourth-order valence-corrected chi connectivity index (χ4v) is 3.89. The Balaban J connectivity index is 1.71. The summed E-state index contributed by atoms with van der Waals surface area (Å²) in [7, 11) is 0. The molecule has 1 aromatic carbocycles. The van der Waals surface area contributed by atoms with E-state index in [9.17, 15) is 5.11 Å². The summed E-state index contributed by atoms with van der Waals surface area (Å²) < 4.78 is 5.92. The molecular weight excluding hydrogens is 248 g/mol. The highest BCUT2D eigenvalue weighted by Crippen LogP contribution is 2.39. The van der Waals surface area contributed by atoms with Crippen LogP contribution in [-0.2, 0) is 11.2 Å². The molecule has 0 radical (unpaired) electrons. The molecule has 0 bridgehead atoms. The summed E-state index contributed by atoms with van der Waals surface area (Å²) >= 11 is 0. The van der Waals surface area contributed by atoms with Crippen LogP contribution in [0.3, 0.4) is 0 Å². The van der Waals surface area contributed by atoms with Gasteiger partial charge < -0.3 is 9.84 Å². The van der Waals surface area contributed by atoms with Crippen LogP contribution in [0, 0.1) is 11.8 Å². The van der Waals surface area contributed by atoms with Crippen molar-refractivity contribution in [3.63, 3.8) is 0 Å². The molecule has 20 heavy (non-hydrogen) atoms. The third kappa shape index (κ3) is 2.77. The van der Waals surface area contributed by atoms with Gasteiger partial charge in [-0.05, 0) is 42.2 Å². The van der Waals surface area contributed by atoms with Crippen molar-refractivity contribution in [2.75, 3.05) is 6.61 Å². The van der Waals surface area contributed by atoms with Crippen molar-refractivity contribution < 1.29 is 9.84 Å². The van der Waals surface area contributed by atoms with E-state index in [4.69, 9.17) is 4.74 Å². The van der Waals surface area contributed by atoms with Gasteiger partial charge in [-0.15, -0.1) is 0 Å². The fourth-order valence-electron chi connectivity index (χ4n) is 3.89. The second-order valence-electron chi connectivity index (χ2n) is 6.42. The molecule has 1 saturated carbocycles. The first kappa shape index (κ1) is 14.1. The zero-order valence-electron chi connectivity index (χ0n) is 12.4. The molecular formula is C18H26O2. The Morgan fingerprint density at radius 3 is 2.70 bits per heavy atom. The lowest BCUT2D eigenvalue weighted by Crippen LogP contribution is -2.34. The molecule has 0 amide bonds. The second kappa shape index (κ2) is 6.28. The van der Waals surface area contributed by atoms with Crippen LogP contribution in [0.15, 0.2) is 24.3 Å². The van der Waals surface area contributed by atoms with Crippen molar-refractivity contribution in [3.8, 4) is 0 Å². The third-order valence-corrected chi connectivity index (χ3v) is 5.29. The molecule has 0 saturated heterocycles. The van der Waals surface area contributed by atoms with Gasteiger partial charge in [-0.3, -0.25) is 0 Å². The Morgan fingerprint density at radius 1 is 1.20 bits per heavy atom. The topological polar surface area (TPSA) is 29.5 Å². The molecule has 1 N–H and O–H groups in total. The number of ether oxygens (including phenoxy) is 1. The standard InChI is InChI=1S/C18H26O2/c1-2-13-7-9-15(10-8-13)17(19)18-16-6-4-3-5-14(16)11-12-20-18/h3-6,13,15,17-19H,2,7-12H2,1H3. The Morgan fingerprint density at radius 2 is 1.95 bits per heavy atom. The summed E-state index contributed by atoms with van der Waals surface area (Å²) in [5.74, 6) is 1.28. The van der Waals surface area contributed by atoms with E-state index in [1.165, 1.54) is 30.4 Å². The highest BCUT2D eigenvalue weighted by atomic mass is 16.5. The van der Waals surface area contributed by atoms with Crippen LogP contribution in [0.2, 0.25) is 0 Å². The zero-order valence-corrected chi connectivity index (χ0v) is 12.4. The lowest BCUT2D eigenvalue weighted by atomic mass is 9.76. The Labute approximate surface area is 122 Å². The maximum Gasteiger partial charge on any atom is 0.109 e. The molecule has 2 unspecified atom stereocenters. The summed E-state index contributed by atoms with van der Waals surface area (Å²) in [4.78, 5) is 0. The lowest BCUT2D eigenvalue weighted by molar-refractivity contribution is -0.0789. The Kier molecular flexibility index (Phi) is 4.42. The van der Waals surface area contributed by atoms with Gasteiger partial charge >= 0.3 is 0 Å². The van der Waals surface area contributed by atoms with E-state index in [0.29, 0.717) is 5.92 Å². The summed E-state index contributed by atoms with van der Waals surface area (Å²) in [5.41, 5.74) is 2.56. The number of aliphatic hydroxyl groups is 1. The minimum absolute atomic E-state index is 0.108. The molecule has 2 atom stereocenters. The molecule has 1 aliphatic heterocycles. The smallest absolute Gasteiger partial charge is 0.109 e.